The predicted octanol–water partition coefficient (Wildman–Crippen LogP) is 3.07. The third-order valence-corrected chi connectivity index (χ3v) is 3.47. The minimum atomic E-state index is -0.0595. The highest BCUT2D eigenvalue weighted by atomic mass is 32.2. The van der Waals surface area contributed by atoms with Gasteiger partial charge in [-0.05, 0) is 44.5 Å². The lowest BCUT2D eigenvalue weighted by atomic mass is 10.2. The molecule has 0 saturated carbocycles. The molecular formula is C14H20N2OS. The Kier molecular flexibility index (Phi) is 6.63. The molecule has 98 valence electrons. The standard InChI is InChI=1S/C14H20N2OS/c1-11(2)16-12(10-15)8-9-18-14-6-4-13(17-3)5-7-14/h4-7,11-12,16H,8-9H2,1-3H3. The van der Waals surface area contributed by atoms with Gasteiger partial charge in [-0.3, -0.25) is 5.32 Å². The van der Waals surface area contributed by atoms with Gasteiger partial charge in [0.15, 0.2) is 0 Å². The average Bonchev–Trinajstić information content (AvgIpc) is 2.38. The molecule has 0 radical (unpaired) electrons. The van der Waals surface area contributed by atoms with E-state index in [4.69, 9.17) is 10.00 Å². The Balaban J connectivity index is 2.34. The number of hydrogen-bond donors (Lipinski definition) is 1. The molecule has 0 amide bonds. The second kappa shape index (κ2) is 8.02. The lowest BCUT2D eigenvalue weighted by Gasteiger charge is -2.14. The first-order valence-electron chi connectivity index (χ1n) is 6.08. The van der Waals surface area contributed by atoms with E-state index >= 15 is 0 Å². The first-order chi connectivity index (χ1) is 8.65. The quantitative estimate of drug-likeness (QED) is 0.769. The number of benzene rings is 1. The van der Waals surface area contributed by atoms with Crippen molar-refractivity contribution in [2.75, 3.05) is 12.9 Å². The summed E-state index contributed by atoms with van der Waals surface area (Å²) in [4.78, 5) is 1.21. The molecule has 1 unspecified atom stereocenters. The molecule has 1 aromatic rings. The first kappa shape index (κ1) is 14.9. The van der Waals surface area contributed by atoms with E-state index in [0.717, 1.165) is 17.9 Å². The number of rotatable bonds is 7. The van der Waals surface area contributed by atoms with Gasteiger partial charge in [-0.25, -0.2) is 0 Å². The molecule has 18 heavy (non-hydrogen) atoms. The van der Waals surface area contributed by atoms with E-state index in [1.807, 2.05) is 24.3 Å². The minimum absolute atomic E-state index is 0.0595. The van der Waals surface area contributed by atoms with Crippen LogP contribution < -0.4 is 10.1 Å². The van der Waals surface area contributed by atoms with Gasteiger partial charge in [0.05, 0.1) is 19.2 Å². The van der Waals surface area contributed by atoms with Crippen molar-refractivity contribution in [2.24, 2.45) is 0 Å². The monoisotopic (exact) mass is 264 g/mol. The number of nitrogens with one attached hydrogen (secondary N) is 1. The van der Waals surface area contributed by atoms with Crippen LogP contribution in [0.15, 0.2) is 29.2 Å². The fourth-order valence-electron chi connectivity index (χ4n) is 1.55. The lowest BCUT2D eigenvalue weighted by Crippen LogP contribution is -2.33. The van der Waals surface area contributed by atoms with Crippen LogP contribution in [0.5, 0.6) is 5.75 Å². The summed E-state index contributed by atoms with van der Waals surface area (Å²) in [6, 6.07) is 10.6. The van der Waals surface area contributed by atoms with E-state index in [1.165, 1.54) is 4.90 Å². The second-order valence-corrected chi connectivity index (χ2v) is 5.48. The van der Waals surface area contributed by atoms with E-state index in [2.05, 4.69) is 25.2 Å². The molecular weight excluding hydrogens is 244 g/mol. The largest absolute Gasteiger partial charge is 0.497 e. The molecule has 1 N–H and O–H groups in total. The van der Waals surface area contributed by atoms with Crippen LogP contribution >= 0.6 is 11.8 Å². The zero-order chi connectivity index (χ0) is 13.4. The van der Waals surface area contributed by atoms with Crippen LogP contribution in [0.4, 0.5) is 0 Å². The van der Waals surface area contributed by atoms with Crippen LogP contribution in [0, 0.1) is 11.3 Å². The summed E-state index contributed by atoms with van der Waals surface area (Å²) in [6.07, 6.45) is 0.853. The number of hydrogen-bond acceptors (Lipinski definition) is 4. The summed E-state index contributed by atoms with van der Waals surface area (Å²) in [5.41, 5.74) is 0. The fraction of sp³-hybridized carbons (Fsp3) is 0.500. The predicted molar refractivity (Wildman–Crippen MR) is 76.0 cm³/mol. The average molecular weight is 264 g/mol. The summed E-state index contributed by atoms with van der Waals surface area (Å²) < 4.78 is 5.11. The van der Waals surface area contributed by atoms with Crippen molar-refractivity contribution < 1.29 is 4.74 Å². The first-order valence-corrected chi connectivity index (χ1v) is 7.06. The van der Waals surface area contributed by atoms with E-state index in [-0.39, 0.29) is 6.04 Å². The molecule has 0 bridgehead atoms. The van der Waals surface area contributed by atoms with Crippen LogP contribution in [0.2, 0.25) is 0 Å². The van der Waals surface area contributed by atoms with Crippen molar-refractivity contribution in [2.45, 2.75) is 37.2 Å². The van der Waals surface area contributed by atoms with Gasteiger partial charge in [-0.15, -0.1) is 11.8 Å². The smallest absolute Gasteiger partial charge is 0.118 e. The SMILES string of the molecule is COc1ccc(SCCC(C#N)NC(C)C)cc1. The van der Waals surface area contributed by atoms with Crippen molar-refractivity contribution >= 4 is 11.8 Å². The number of thioether (sulfide) groups is 1. The third kappa shape index (κ3) is 5.44. The molecule has 4 heteroatoms. The molecule has 1 aromatic carbocycles. The van der Waals surface area contributed by atoms with E-state index in [1.54, 1.807) is 18.9 Å². The number of methoxy groups -OCH3 is 1. The molecule has 0 fully saturated rings. The van der Waals surface area contributed by atoms with Crippen LogP contribution in [-0.4, -0.2) is 24.9 Å². The van der Waals surface area contributed by atoms with Gasteiger partial charge in [0.25, 0.3) is 0 Å². The van der Waals surface area contributed by atoms with Crippen molar-refractivity contribution in [3.05, 3.63) is 24.3 Å². The number of ether oxygens (including phenoxy) is 1. The van der Waals surface area contributed by atoms with Gasteiger partial charge in [-0.1, -0.05) is 0 Å². The maximum atomic E-state index is 9.00. The highest BCUT2D eigenvalue weighted by Gasteiger charge is 2.08. The number of nitriles is 1. The van der Waals surface area contributed by atoms with Gasteiger partial charge < -0.3 is 4.74 Å². The second-order valence-electron chi connectivity index (χ2n) is 4.32. The van der Waals surface area contributed by atoms with Crippen LogP contribution in [0.3, 0.4) is 0 Å². The molecule has 3 nitrogen and oxygen atoms in total. The van der Waals surface area contributed by atoms with Crippen LogP contribution in [0.1, 0.15) is 20.3 Å². The molecule has 0 heterocycles. The van der Waals surface area contributed by atoms with Gasteiger partial charge in [0, 0.05) is 16.7 Å². The minimum Gasteiger partial charge on any atom is -0.497 e. The zero-order valence-corrected chi connectivity index (χ0v) is 12.0. The molecule has 0 aliphatic carbocycles. The zero-order valence-electron chi connectivity index (χ0n) is 11.1. The van der Waals surface area contributed by atoms with E-state index in [9.17, 15) is 0 Å². The van der Waals surface area contributed by atoms with E-state index in [0.29, 0.717) is 6.04 Å². The van der Waals surface area contributed by atoms with E-state index < -0.39 is 0 Å². The molecule has 0 aliphatic heterocycles. The Morgan fingerprint density at radius 3 is 2.50 bits per heavy atom. The third-order valence-electron chi connectivity index (χ3n) is 2.43. The summed E-state index contributed by atoms with van der Waals surface area (Å²) in [5.74, 6) is 1.81. The molecule has 0 aromatic heterocycles. The van der Waals surface area contributed by atoms with Gasteiger partial charge >= 0.3 is 0 Å². The van der Waals surface area contributed by atoms with Gasteiger partial charge in [0.2, 0.25) is 0 Å². The lowest BCUT2D eigenvalue weighted by molar-refractivity contribution is 0.414. The van der Waals surface area contributed by atoms with Crippen molar-refractivity contribution in [1.82, 2.24) is 5.32 Å². The fourth-order valence-corrected chi connectivity index (χ4v) is 2.47. The number of nitrogens with zero attached hydrogens (tertiary/aromatic N) is 1. The van der Waals surface area contributed by atoms with Crippen molar-refractivity contribution in [1.29, 1.82) is 5.26 Å². The topological polar surface area (TPSA) is 45.0 Å². The maximum absolute atomic E-state index is 9.00. The molecule has 0 spiro atoms. The highest BCUT2D eigenvalue weighted by molar-refractivity contribution is 7.99. The Bertz CT molecular complexity index is 384. The molecule has 0 saturated heterocycles. The molecule has 1 rings (SSSR count). The van der Waals surface area contributed by atoms with Crippen molar-refractivity contribution in [3.8, 4) is 11.8 Å². The molecule has 1 atom stereocenters. The summed E-state index contributed by atoms with van der Waals surface area (Å²) in [7, 11) is 1.66. The Morgan fingerprint density at radius 1 is 1.33 bits per heavy atom. The van der Waals surface area contributed by atoms with Crippen LogP contribution in [-0.2, 0) is 0 Å². The molecule has 0 aliphatic rings. The normalized spacial score (nSPS) is 12.2. The van der Waals surface area contributed by atoms with Gasteiger partial charge in [-0.2, -0.15) is 5.26 Å². The Morgan fingerprint density at radius 2 is 2.00 bits per heavy atom. The summed E-state index contributed by atoms with van der Waals surface area (Å²) in [5, 5.41) is 12.2. The van der Waals surface area contributed by atoms with Crippen molar-refractivity contribution in [3.63, 3.8) is 0 Å². The highest BCUT2D eigenvalue weighted by Crippen LogP contribution is 2.22. The summed E-state index contributed by atoms with van der Waals surface area (Å²) >= 11 is 1.76. The maximum Gasteiger partial charge on any atom is 0.118 e. The summed E-state index contributed by atoms with van der Waals surface area (Å²) in [6.45, 7) is 4.11. The Hall–Kier alpha value is -1.18. The Labute approximate surface area is 114 Å². The van der Waals surface area contributed by atoms with Crippen LogP contribution in [0.25, 0.3) is 0 Å². The van der Waals surface area contributed by atoms with Gasteiger partial charge in [0.1, 0.15) is 5.75 Å².